The number of phenols is 3. The molecule has 0 heterocycles. The van der Waals surface area contributed by atoms with Gasteiger partial charge in [-0.2, -0.15) is 5.11 Å². The molecule has 0 saturated carbocycles. The SMILES string of the molecule is O=C(O)Cc1ccc(N=Nc2c(C(=O)O)cc(O)c(O)c2O)cc1. The van der Waals surface area contributed by atoms with Crippen LogP contribution in [-0.4, -0.2) is 37.5 Å². The first kappa shape index (κ1) is 16.7. The highest BCUT2D eigenvalue weighted by atomic mass is 16.4. The van der Waals surface area contributed by atoms with E-state index in [9.17, 15) is 24.9 Å². The molecule has 0 amide bonds. The molecule has 0 fully saturated rings. The molecule has 2 aromatic rings. The van der Waals surface area contributed by atoms with E-state index in [2.05, 4.69) is 10.2 Å². The summed E-state index contributed by atoms with van der Waals surface area (Å²) in [5, 5.41) is 53.6. The van der Waals surface area contributed by atoms with Gasteiger partial charge in [0.2, 0.25) is 5.75 Å². The quantitative estimate of drug-likeness (QED) is 0.415. The smallest absolute Gasteiger partial charge is 0.338 e. The average molecular weight is 332 g/mol. The minimum atomic E-state index is -1.48. The van der Waals surface area contributed by atoms with E-state index in [-0.39, 0.29) is 12.1 Å². The Kier molecular flexibility index (Phi) is 4.64. The van der Waals surface area contributed by atoms with Crippen LogP contribution in [-0.2, 0) is 11.2 Å². The van der Waals surface area contributed by atoms with Crippen LogP contribution in [0.15, 0.2) is 40.6 Å². The summed E-state index contributed by atoms with van der Waals surface area (Å²) < 4.78 is 0. The standard InChI is InChI=1S/C15H12N2O7/c18-10-6-9(15(23)24)12(14(22)13(10)21)17-16-8-3-1-7(2-4-8)5-11(19)20/h1-4,6,18,21-22H,5H2,(H,19,20)(H,23,24). The van der Waals surface area contributed by atoms with E-state index in [1.54, 1.807) is 0 Å². The van der Waals surface area contributed by atoms with Crippen molar-refractivity contribution >= 4 is 23.3 Å². The number of hydrogen-bond donors (Lipinski definition) is 5. The number of nitrogens with zero attached hydrogens (tertiary/aromatic N) is 2. The van der Waals surface area contributed by atoms with Crippen molar-refractivity contribution in [2.45, 2.75) is 6.42 Å². The highest BCUT2D eigenvalue weighted by Crippen LogP contribution is 2.45. The Labute approximate surface area is 134 Å². The van der Waals surface area contributed by atoms with Crippen LogP contribution in [0.3, 0.4) is 0 Å². The fraction of sp³-hybridized carbons (Fsp3) is 0.0667. The lowest BCUT2D eigenvalue weighted by molar-refractivity contribution is -0.136. The fourth-order valence-corrected chi connectivity index (χ4v) is 1.86. The molecule has 0 aliphatic heterocycles. The first-order valence-electron chi connectivity index (χ1n) is 6.53. The number of carbonyl (C=O) groups is 2. The lowest BCUT2D eigenvalue weighted by atomic mass is 10.1. The molecular formula is C15H12N2O7. The van der Waals surface area contributed by atoms with Gasteiger partial charge in [-0.1, -0.05) is 12.1 Å². The van der Waals surface area contributed by atoms with Gasteiger partial charge in [0.1, 0.15) is 5.69 Å². The van der Waals surface area contributed by atoms with E-state index in [1.165, 1.54) is 24.3 Å². The fourth-order valence-electron chi connectivity index (χ4n) is 1.86. The van der Waals surface area contributed by atoms with E-state index in [0.29, 0.717) is 5.56 Å². The van der Waals surface area contributed by atoms with Crippen LogP contribution in [0.2, 0.25) is 0 Å². The number of hydrogen-bond acceptors (Lipinski definition) is 7. The molecule has 0 unspecified atom stereocenters. The highest BCUT2D eigenvalue weighted by Gasteiger charge is 2.21. The van der Waals surface area contributed by atoms with E-state index in [0.717, 1.165) is 6.07 Å². The van der Waals surface area contributed by atoms with Gasteiger partial charge in [0.25, 0.3) is 0 Å². The number of aliphatic carboxylic acids is 1. The van der Waals surface area contributed by atoms with Gasteiger partial charge in [-0.15, -0.1) is 5.11 Å². The predicted molar refractivity (Wildman–Crippen MR) is 80.4 cm³/mol. The molecule has 5 N–H and O–H groups in total. The van der Waals surface area contributed by atoms with Crippen molar-refractivity contribution in [3.05, 3.63) is 41.5 Å². The summed E-state index contributed by atoms with van der Waals surface area (Å²) in [6.07, 6.45) is -0.160. The summed E-state index contributed by atoms with van der Waals surface area (Å²) in [6.45, 7) is 0. The maximum atomic E-state index is 11.1. The molecule has 0 aromatic heterocycles. The highest BCUT2D eigenvalue weighted by molar-refractivity contribution is 5.96. The molecule has 2 aromatic carbocycles. The molecule has 2 rings (SSSR count). The van der Waals surface area contributed by atoms with Crippen molar-refractivity contribution in [1.29, 1.82) is 0 Å². The molecule has 0 saturated heterocycles. The third kappa shape index (κ3) is 3.58. The Hall–Kier alpha value is -3.62. The molecular weight excluding hydrogens is 320 g/mol. The number of rotatable bonds is 5. The van der Waals surface area contributed by atoms with Gasteiger partial charge >= 0.3 is 11.9 Å². The van der Waals surface area contributed by atoms with Gasteiger partial charge < -0.3 is 25.5 Å². The molecule has 9 heteroatoms. The van der Waals surface area contributed by atoms with Crippen molar-refractivity contribution in [3.63, 3.8) is 0 Å². The molecule has 124 valence electrons. The molecule has 0 atom stereocenters. The number of aromatic hydroxyl groups is 3. The third-order valence-corrected chi connectivity index (χ3v) is 3.01. The van der Waals surface area contributed by atoms with Gasteiger partial charge in [0.05, 0.1) is 17.7 Å². The van der Waals surface area contributed by atoms with Crippen molar-refractivity contribution < 1.29 is 35.1 Å². The van der Waals surface area contributed by atoms with Crippen molar-refractivity contribution in [1.82, 2.24) is 0 Å². The van der Waals surface area contributed by atoms with Gasteiger partial charge in [0, 0.05) is 6.07 Å². The van der Waals surface area contributed by atoms with Crippen molar-refractivity contribution in [2.75, 3.05) is 0 Å². The Bertz CT molecular complexity index is 829. The molecule has 24 heavy (non-hydrogen) atoms. The maximum absolute atomic E-state index is 11.1. The summed E-state index contributed by atoms with van der Waals surface area (Å²) in [7, 11) is 0. The lowest BCUT2D eigenvalue weighted by Crippen LogP contribution is -1.99. The number of azo groups is 1. The number of aromatic carboxylic acids is 1. The lowest BCUT2D eigenvalue weighted by Gasteiger charge is -2.06. The monoisotopic (exact) mass is 332 g/mol. The van der Waals surface area contributed by atoms with Crippen LogP contribution < -0.4 is 0 Å². The van der Waals surface area contributed by atoms with Crippen LogP contribution in [0.4, 0.5) is 11.4 Å². The maximum Gasteiger partial charge on any atom is 0.338 e. The predicted octanol–water partition coefficient (Wildman–Crippen LogP) is 2.54. The first-order valence-corrected chi connectivity index (χ1v) is 6.53. The molecule has 0 bridgehead atoms. The summed E-state index contributed by atoms with van der Waals surface area (Å²) in [5.74, 6) is -5.10. The summed E-state index contributed by atoms with van der Waals surface area (Å²) in [5.41, 5.74) is -0.258. The molecule has 0 aliphatic rings. The van der Waals surface area contributed by atoms with Crippen molar-refractivity contribution in [2.24, 2.45) is 10.2 Å². The minimum absolute atomic E-state index is 0.160. The molecule has 9 nitrogen and oxygen atoms in total. The number of phenolic OH excluding ortho intramolecular Hbond substituents is 3. The summed E-state index contributed by atoms with van der Waals surface area (Å²) in [4.78, 5) is 21.7. The van der Waals surface area contributed by atoms with Gasteiger partial charge in [-0.25, -0.2) is 4.79 Å². The van der Waals surface area contributed by atoms with E-state index in [4.69, 9.17) is 10.2 Å². The average Bonchev–Trinajstić information content (AvgIpc) is 2.52. The zero-order valence-electron chi connectivity index (χ0n) is 12.0. The van der Waals surface area contributed by atoms with Crippen LogP contribution in [0.1, 0.15) is 15.9 Å². The molecule has 0 spiro atoms. The van der Waals surface area contributed by atoms with Gasteiger partial charge in [-0.3, -0.25) is 4.79 Å². The van der Waals surface area contributed by atoms with E-state index >= 15 is 0 Å². The Morgan fingerprint density at radius 1 is 0.917 bits per heavy atom. The van der Waals surface area contributed by atoms with Crippen LogP contribution >= 0.6 is 0 Å². The van der Waals surface area contributed by atoms with Crippen LogP contribution in [0.25, 0.3) is 0 Å². The van der Waals surface area contributed by atoms with Crippen molar-refractivity contribution in [3.8, 4) is 17.2 Å². The zero-order valence-corrected chi connectivity index (χ0v) is 12.0. The normalized spacial score (nSPS) is 10.8. The second-order valence-corrected chi connectivity index (χ2v) is 4.73. The molecule has 0 aliphatic carbocycles. The third-order valence-electron chi connectivity index (χ3n) is 3.01. The first-order chi connectivity index (χ1) is 11.3. The number of benzene rings is 2. The van der Waals surface area contributed by atoms with Crippen LogP contribution in [0, 0.1) is 0 Å². The summed E-state index contributed by atoms with van der Waals surface area (Å²) >= 11 is 0. The van der Waals surface area contributed by atoms with E-state index < -0.39 is 40.4 Å². The van der Waals surface area contributed by atoms with Crippen LogP contribution in [0.5, 0.6) is 17.2 Å². The Morgan fingerprint density at radius 3 is 2.08 bits per heavy atom. The van der Waals surface area contributed by atoms with Gasteiger partial charge in [0.15, 0.2) is 11.5 Å². The second-order valence-electron chi connectivity index (χ2n) is 4.73. The molecule has 0 radical (unpaired) electrons. The number of carboxylic acid groups (broad SMARTS) is 2. The van der Waals surface area contributed by atoms with Gasteiger partial charge in [-0.05, 0) is 17.7 Å². The zero-order chi connectivity index (χ0) is 17.9. The Morgan fingerprint density at radius 2 is 1.54 bits per heavy atom. The van der Waals surface area contributed by atoms with E-state index in [1.807, 2.05) is 0 Å². The topological polar surface area (TPSA) is 160 Å². The largest absolute Gasteiger partial charge is 0.504 e. The Balaban J connectivity index is 2.36. The summed E-state index contributed by atoms with van der Waals surface area (Å²) in [6, 6.07) is 6.67. The number of carboxylic acids is 2. The minimum Gasteiger partial charge on any atom is -0.504 e. The second kappa shape index (κ2) is 6.65.